The van der Waals surface area contributed by atoms with Crippen molar-refractivity contribution in [2.24, 2.45) is 5.92 Å². The Balaban J connectivity index is 1.83. The fourth-order valence-corrected chi connectivity index (χ4v) is 3.59. The molecule has 0 amide bonds. The number of hydrogen-bond donors (Lipinski definition) is 1. The number of imidazole rings is 1. The highest BCUT2D eigenvalue weighted by atomic mass is 19.1. The van der Waals surface area contributed by atoms with Gasteiger partial charge in [-0.1, -0.05) is 20.3 Å². The number of fused-ring (bicyclic) bond motifs is 1. The molecule has 0 saturated heterocycles. The third-order valence-corrected chi connectivity index (χ3v) is 5.51. The summed E-state index contributed by atoms with van der Waals surface area (Å²) in [4.78, 5) is 16.2. The fourth-order valence-electron chi connectivity index (χ4n) is 3.59. The molecule has 1 aromatic carbocycles. The van der Waals surface area contributed by atoms with Crippen molar-refractivity contribution in [3.05, 3.63) is 66.2 Å². The molecule has 4 aromatic rings. The number of pyridine rings is 1. The first-order valence-corrected chi connectivity index (χ1v) is 10.9. The molecule has 4 rings (SSSR count). The molecule has 32 heavy (non-hydrogen) atoms. The van der Waals surface area contributed by atoms with Crippen LogP contribution in [0.5, 0.6) is 0 Å². The quantitative estimate of drug-likeness (QED) is 0.419. The van der Waals surface area contributed by atoms with E-state index in [-0.39, 0.29) is 5.82 Å². The fraction of sp³-hybridized carbons (Fsp3) is 0.320. The van der Waals surface area contributed by atoms with Gasteiger partial charge in [0.25, 0.3) is 0 Å². The van der Waals surface area contributed by atoms with Gasteiger partial charge < -0.3 is 10.2 Å². The number of benzene rings is 1. The summed E-state index contributed by atoms with van der Waals surface area (Å²) in [6.45, 7) is 5.99. The summed E-state index contributed by atoms with van der Waals surface area (Å²) in [5, 5.41) is 3.34. The first kappa shape index (κ1) is 21.9. The molecular weight excluding hydrogens is 403 g/mol. The van der Waals surface area contributed by atoms with Crippen molar-refractivity contribution in [2.45, 2.75) is 26.8 Å². The number of aromatic nitrogens is 4. The summed E-state index contributed by atoms with van der Waals surface area (Å²) in [6.07, 6.45) is 4.87. The Bertz CT molecular complexity index is 1200. The lowest BCUT2D eigenvalue weighted by Gasteiger charge is -2.12. The van der Waals surface area contributed by atoms with Gasteiger partial charge in [0.1, 0.15) is 11.5 Å². The third-order valence-electron chi connectivity index (χ3n) is 5.51. The van der Waals surface area contributed by atoms with E-state index in [2.05, 4.69) is 41.2 Å². The maximum Gasteiger partial charge on any atom is 0.223 e. The van der Waals surface area contributed by atoms with Crippen LogP contribution in [0.15, 0.2) is 54.9 Å². The summed E-state index contributed by atoms with van der Waals surface area (Å²) >= 11 is 0. The zero-order valence-corrected chi connectivity index (χ0v) is 19.0. The summed E-state index contributed by atoms with van der Waals surface area (Å²) in [5.41, 5.74) is 5.22. The normalized spacial score (nSPS) is 12.4. The first-order valence-electron chi connectivity index (χ1n) is 10.9. The topological polar surface area (TPSA) is 58.4 Å². The predicted molar refractivity (Wildman–Crippen MR) is 127 cm³/mol. The van der Waals surface area contributed by atoms with E-state index in [0.717, 1.165) is 47.8 Å². The van der Waals surface area contributed by atoms with E-state index >= 15 is 0 Å². The van der Waals surface area contributed by atoms with Crippen LogP contribution in [0.2, 0.25) is 0 Å². The summed E-state index contributed by atoms with van der Waals surface area (Å²) in [7, 11) is 4.08. The van der Waals surface area contributed by atoms with Crippen molar-refractivity contribution >= 4 is 11.6 Å². The predicted octanol–water partition coefficient (Wildman–Crippen LogP) is 5.12. The maximum atomic E-state index is 13.6. The highest BCUT2D eigenvalue weighted by Gasteiger charge is 2.18. The average Bonchev–Trinajstić information content (AvgIpc) is 3.16. The van der Waals surface area contributed by atoms with Gasteiger partial charge in [0, 0.05) is 31.0 Å². The summed E-state index contributed by atoms with van der Waals surface area (Å²) in [6, 6.07) is 12.5. The van der Waals surface area contributed by atoms with Gasteiger partial charge in [-0.25, -0.2) is 19.3 Å². The second kappa shape index (κ2) is 9.44. The SMILES string of the molecule is CCC(C)CNc1nccc(-c2c(-c3ccc(F)cc3)nc3cc(CN(C)C)ccn23)n1. The van der Waals surface area contributed by atoms with Gasteiger partial charge >= 0.3 is 0 Å². The van der Waals surface area contributed by atoms with E-state index in [4.69, 9.17) is 9.97 Å². The number of nitrogens with one attached hydrogen (secondary N) is 1. The molecule has 7 heteroatoms. The van der Waals surface area contributed by atoms with E-state index < -0.39 is 0 Å². The molecule has 0 aliphatic heterocycles. The zero-order valence-electron chi connectivity index (χ0n) is 19.0. The average molecular weight is 433 g/mol. The molecule has 0 aliphatic rings. The number of halogens is 1. The maximum absolute atomic E-state index is 13.6. The zero-order chi connectivity index (χ0) is 22.7. The van der Waals surface area contributed by atoms with Gasteiger partial charge in [0.15, 0.2) is 0 Å². The Morgan fingerprint density at radius 1 is 1.09 bits per heavy atom. The Kier molecular flexibility index (Phi) is 6.46. The molecule has 0 fully saturated rings. The van der Waals surface area contributed by atoms with Crippen molar-refractivity contribution in [2.75, 3.05) is 26.0 Å². The molecule has 0 radical (unpaired) electrons. The van der Waals surface area contributed by atoms with Gasteiger partial charge in [0.2, 0.25) is 5.95 Å². The first-order chi connectivity index (χ1) is 15.4. The molecular formula is C25H29FN6. The van der Waals surface area contributed by atoms with Crippen LogP contribution in [0, 0.1) is 11.7 Å². The largest absolute Gasteiger partial charge is 0.354 e. The van der Waals surface area contributed by atoms with E-state index in [1.807, 2.05) is 30.8 Å². The van der Waals surface area contributed by atoms with E-state index in [1.54, 1.807) is 18.3 Å². The lowest BCUT2D eigenvalue weighted by molar-refractivity contribution is 0.402. The van der Waals surface area contributed by atoms with Crippen LogP contribution in [0.3, 0.4) is 0 Å². The molecule has 1 unspecified atom stereocenters. The van der Waals surface area contributed by atoms with Gasteiger partial charge in [0.05, 0.1) is 17.1 Å². The van der Waals surface area contributed by atoms with Crippen molar-refractivity contribution in [1.29, 1.82) is 0 Å². The lowest BCUT2D eigenvalue weighted by atomic mass is 10.1. The molecule has 0 spiro atoms. The van der Waals surface area contributed by atoms with Gasteiger partial charge in [-0.05, 0) is 68.0 Å². The molecule has 0 aliphatic carbocycles. The highest BCUT2D eigenvalue weighted by molar-refractivity contribution is 5.80. The standard InChI is InChI=1S/C25H29FN6/c1-5-17(2)15-28-25-27-12-10-21(29-25)24-23(19-6-8-20(26)9-7-19)30-22-14-18(16-31(3)4)11-13-32(22)24/h6-14,17H,5,15-16H2,1-4H3,(H,27,28,29). The second-order valence-corrected chi connectivity index (χ2v) is 8.48. The van der Waals surface area contributed by atoms with E-state index in [0.29, 0.717) is 11.9 Å². The van der Waals surface area contributed by atoms with Crippen LogP contribution < -0.4 is 5.32 Å². The highest BCUT2D eigenvalue weighted by Crippen LogP contribution is 2.32. The molecule has 1 atom stereocenters. The molecule has 0 saturated carbocycles. The molecule has 0 bridgehead atoms. The van der Waals surface area contributed by atoms with E-state index in [9.17, 15) is 4.39 Å². The van der Waals surface area contributed by atoms with Crippen molar-refractivity contribution in [1.82, 2.24) is 24.3 Å². The lowest BCUT2D eigenvalue weighted by Crippen LogP contribution is -2.12. The molecule has 3 aromatic heterocycles. The molecule has 1 N–H and O–H groups in total. The van der Waals surface area contributed by atoms with Crippen LogP contribution in [0.25, 0.3) is 28.3 Å². The van der Waals surface area contributed by atoms with Crippen molar-refractivity contribution < 1.29 is 4.39 Å². The Hall–Kier alpha value is -3.32. The summed E-state index contributed by atoms with van der Waals surface area (Å²) < 4.78 is 15.6. The minimum absolute atomic E-state index is 0.272. The monoisotopic (exact) mass is 432 g/mol. The number of rotatable bonds is 8. The minimum atomic E-state index is -0.272. The molecule has 6 nitrogen and oxygen atoms in total. The van der Waals surface area contributed by atoms with Crippen LogP contribution >= 0.6 is 0 Å². The summed E-state index contributed by atoms with van der Waals surface area (Å²) in [5.74, 6) is 0.848. The number of hydrogen-bond acceptors (Lipinski definition) is 5. The van der Waals surface area contributed by atoms with Crippen molar-refractivity contribution in [3.8, 4) is 22.6 Å². The molecule has 166 valence electrons. The van der Waals surface area contributed by atoms with Gasteiger partial charge in [-0.2, -0.15) is 0 Å². The Morgan fingerprint density at radius 3 is 2.59 bits per heavy atom. The number of anilines is 1. The van der Waals surface area contributed by atoms with Gasteiger partial charge in [-0.3, -0.25) is 4.40 Å². The Labute approximate surface area is 188 Å². The van der Waals surface area contributed by atoms with Crippen LogP contribution in [-0.2, 0) is 6.54 Å². The minimum Gasteiger partial charge on any atom is -0.354 e. The molecule has 3 heterocycles. The number of nitrogens with zero attached hydrogens (tertiary/aromatic N) is 5. The van der Waals surface area contributed by atoms with Gasteiger partial charge in [-0.15, -0.1) is 0 Å². The van der Waals surface area contributed by atoms with E-state index in [1.165, 1.54) is 17.7 Å². The second-order valence-electron chi connectivity index (χ2n) is 8.48. The smallest absolute Gasteiger partial charge is 0.223 e. The Morgan fingerprint density at radius 2 is 1.88 bits per heavy atom. The van der Waals surface area contributed by atoms with Crippen LogP contribution in [0.1, 0.15) is 25.8 Å². The van der Waals surface area contributed by atoms with Crippen LogP contribution in [0.4, 0.5) is 10.3 Å². The van der Waals surface area contributed by atoms with Crippen LogP contribution in [-0.4, -0.2) is 44.9 Å². The van der Waals surface area contributed by atoms with Crippen molar-refractivity contribution in [3.63, 3.8) is 0 Å². The third kappa shape index (κ3) is 4.78.